The van der Waals surface area contributed by atoms with Crippen LogP contribution < -0.4 is 5.73 Å². The molecule has 1 amide bonds. The van der Waals surface area contributed by atoms with Gasteiger partial charge in [0.1, 0.15) is 11.5 Å². The van der Waals surface area contributed by atoms with E-state index in [4.69, 9.17) is 5.73 Å². The SMILES string of the molecule is CC(C)CCN(C)C(=O)c1cnc(N)cn1. The summed E-state index contributed by atoms with van der Waals surface area (Å²) in [7, 11) is 1.77. The van der Waals surface area contributed by atoms with Crippen LogP contribution in [0.4, 0.5) is 5.82 Å². The number of amides is 1. The molecule has 0 aliphatic carbocycles. The van der Waals surface area contributed by atoms with Crippen molar-refractivity contribution in [3.63, 3.8) is 0 Å². The van der Waals surface area contributed by atoms with Gasteiger partial charge in [-0.25, -0.2) is 9.97 Å². The third-order valence-electron chi connectivity index (χ3n) is 2.28. The Labute approximate surface area is 95.7 Å². The van der Waals surface area contributed by atoms with Gasteiger partial charge in [-0.3, -0.25) is 4.79 Å². The molecule has 0 fully saturated rings. The molecule has 0 bridgehead atoms. The lowest BCUT2D eigenvalue weighted by atomic mass is 10.1. The molecule has 0 radical (unpaired) electrons. The lowest BCUT2D eigenvalue weighted by molar-refractivity contribution is 0.0783. The van der Waals surface area contributed by atoms with Crippen LogP contribution in [0, 0.1) is 5.92 Å². The summed E-state index contributed by atoms with van der Waals surface area (Å²) >= 11 is 0. The Morgan fingerprint density at radius 3 is 2.62 bits per heavy atom. The average Bonchev–Trinajstić information content (AvgIpc) is 2.26. The van der Waals surface area contributed by atoms with Crippen molar-refractivity contribution in [2.24, 2.45) is 5.92 Å². The summed E-state index contributed by atoms with van der Waals surface area (Å²) in [5.41, 5.74) is 5.74. The smallest absolute Gasteiger partial charge is 0.273 e. The minimum atomic E-state index is -0.117. The Balaban J connectivity index is 2.60. The van der Waals surface area contributed by atoms with Gasteiger partial charge in [-0.15, -0.1) is 0 Å². The van der Waals surface area contributed by atoms with Crippen LogP contribution in [-0.4, -0.2) is 34.4 Å². The van der Waals surface area contributed by atoms with Crippen molar-refractivity contribution in [1.82, 2.24) is 14.9 Å². The summed E-state index contributed by atoms with van der Waals surface area (Å²) in [5.74, 6) is 0.780. The van der Waals surface area contributed by atoms with Crippen molar-refractivity contribution in [3.05, 3.63) is 18.1 Å². The second kappa shape index (κ2) is 5.44. The molecule has 1 aromatic rings. The number of anilines is 1. The number of carbonyl (C=O) groups is 1. The summed E-state index contributed by atoms with van der Waals surface area (Å²) in [4.78, 5) is 21.3. The molecule has 1 aromatic heterocycles. The van der Waals surface area contributed by atoms with Crippen molar-refractivity contribution in [2.45, 2.75) is 20.3 Å². The number of nitrogens with two attached hydrogens (primary N) is 1. The van der Waals surface area contributed by atoms with Crippen molar-refractivity contribution < 1.29 is 4.79 Å². The summed E-state index contributed by atoms with van der Waals surface area (Å²) in [6.45, 7) is 4.98. The summed E-state index contributed by atoms with van der Waals surface area (Å²) in [6, 6.07) is 0. The fraction of sp³-hybridized carbons (Fsp3) is 0.545. The topological polar surface area (TPSA) is 72.1 Å². The predicted molar refractivity (Wildman–Crippen MR) is 62.9 cm³/mol. The average molecular weight is 222 g/mol. The van der Waals surface area contributed by atoms with Crippen LogP contribution in [0.15, 0.2) is 12.4 Å². The van der Waals surface area contributed by atoms with Gasteiger partial charge >= 0.3 is 0 Å². The normalized spacial score (nSPS) is 10.5. The molecule has 16 heavy (non-hydrogen) atoms. The molecule has 0 spiro atoms. The molecule has 0 aliphatic rings. The molecule has 0 aliphatic heterocycles. The third kappa shape index (κ3) is 3.49. The highest BCUT2D eigenvalue weighted by Crippen LogP contribution is 2.04. The van der Waals surface area contributed by atoms with Crippen molar-refractivity contribution in [3.8, 4) is 0 Å². The number of aromatic nitrogens is 2. The molecule has 5 heteroatoms. The number of rotatable bonds is 4. The van der Waals surface area contributed by atoms with Gasteiger partial charge in [0.05, 0.1) is 12.4 Å². The van der Waals surface area contributed by atoms with E-state index in [1.807, 2.05) is 0 Å². The maximum atomic E-state index is 11.9. The standard InChI is InChI=1S/C11H18N4O/c1-8(2)4-5-15(3)11(16)9-6-14-10(12)7-13-9/h6-8H,4-5H2,1-3H3,(H2,12,14). The fourth-order valence-electron chi connectivity index (χ4n) is 1.20. The highest BCUT2D eigenvalue weighted by atomic mass is 16.2. The first-order valence-electron chi connectivity index (χ1n) is 5.33. The zero-order valence-electron chi connectivity index (χ0n) is 9.97. The van der Waals surface area contributed by atoms with E-state index in [0.29, 0.717) is 17.4 Å². The zero-order chi connectivity index (χ0) is 12.1. The molecular weight excluding hydrogens is 204 g/mol. The van der Waals surface area contributed by atoms with E-state index in [9.17, 15) is 4.79 Å². The van der Waals surface area contributed by atoms with E-state index >= 15 is 0 Å². The molecule has 0 saturated heterocycles. The Kier molecular flexibility index (Phi) is 4.22. The van der Waals surface area contributed by atoms with Crippen LogP contribution in [0.3, 0.4) is 0 Å². The van der Waals surface area contributed by atoms with Crippen LogP contribution >= 0.6 is 0 Å². The van der Waals surface area contributed by atoms with Crippen LogP contribution in [0.2, 0.25) is 0 Å². The second-order valence-electron chi connectivity index (χ2n) is 4.24. The molecule has 5 nitrogen and oxygen atoms in total. The van der Waals surface area contributed by atoms with Crippen LogP contribution in [-0.2, 0) is 0 Å². The number of hydrogen-bond acceptors (Lipinski definition) is 4. The maximum Gasteiger partial charge on any atom is 0.273 e. The van der Waals surface area contributed by atoms with Crippen molar-refractivity contribution in [1.29, 1.82) is 0 Å². The third-order valence-corrected chi connectivity index (χ3v) is 2.28. The van der Waals surface area contributed by atoms with Gasteiger partial charge in [0.2, 0.25) is 0 Å². The monoisotopic (exact) mass is 222 g/mol. The van der Waals surface area contributed by atoms with E-state index in [2.05, 4.69) is 23.8 Å². The largest absolute Gasteiger partial charge is 0.382 e. The molecule has 0 atom stereocenters. The van der Waals surface area contributed by atoms with Crippen LogP contribution in [0.1, 0.15) is 30.8 Å². The van der Waals surface area contributed by atoms with E-state index in [1.165, 1.54) is 12.4 Å². The lowest BCUT2D eigenvalue weighted by Gasteiger charge is -2.17. The Morgan fingerprint density at radius 2 is 2.12 bits per heavy atom. The molecule has 2 N–H and O–H groups in total. The van der Waals surface area contributed by atoms with Crippen molar-refractivity contribution in [2.75, 3.05) is 19.3 Å². The van der Waals surface area contributed by atoms with Gasteiger partial charge in [-0.2, -0.15) is 0 Å². The molecule has 0 aromatic carbocycles. The number of hydrogen-bond donors (Lipinski definition) is 1. The predicted octanol–water partition coefficient (Wildman–Crippen LogP) is 1.18. The molecule has 0 saturated carbocycles. The minimum absolute atomic E-state index is 0.117. The fourth-order valence-corrected chi connectivity index (χ4v) is 1.20. The highest BCUT2D eigenvalue weighted by Gasteiger charge is 2.13. The quantitative estimate of drug-likeness (QED) is 0.830. The number of carbonyl (C=O) groups excluding carboxylic acids is 1. The van der Waals surface area contributed by atoms with Gasteiger partial charge in [0.15, 0.2) is 0 Å². The van der Waals surface area contributed by atoms with E-state index < -0.39 is 0 Å². The maximum absolute atomic E-state index is 11.9. The molecule has 1 rings (SSSR count). The Bertz CT molecular complexity index is 348. The minimum Gasteiger partial charge on any atom is -0.382 e. The number of nitrogens with zero attached hydrogens (tertiary/aromatic N) is 3. The lowest BCUT2D eigenvalue weighted by Crippen LogP contribution is -2.29. The summed E-state index contributed by atoms with van der Waals surface area (Å²) < 4.78 is 0. The molecule has 0 unspecified atom stereocenters. The Hall–Kier alpha value is -1.65. The van der Waals surface area contributed by atoms with Gasteiger partial charge in [-0.05, 0) is 12.3 Å². The molecule has 1 heterocycles. The first-order chi connectivity index (χ1) is 7.50. The van der Waals surface area contributed by atoms with E-state index in [-0.39, 0.29) is 5.91 Å². The van der Waals surface area contributed by atoms with Crippen LogP contribution in [0.5, 0.6) is 0 Å². The van der Waals surface area contributed by atoms with Gasteiger partial charge < -0.3 is 10.6 Å². The summed E-state index contributed by atoms with van der Waals surface area (Å²) in [6.07, 6.45) is 3.78. The zero-order valence-corrected chi connectivity index (χ0v) is 9.97. The Morgan fingerprint density at radius 1 is 1.44 bits per heavy atom. The van der Waals surface area contributed by atoms with Gasteiger partial charge in [-0.1, -0.05) is 13.8 Å². The first-order valence-corrected chi connectivity index (χ1v) is 5.33. The number of nitrogen functional groups attached to an aromatic ring is 1. The van der Waals surface area contributed by atoms with Gasteiger partial charge in [0.25, 0.3) is 5.91 Å². The van der Waals surface area contributed by atoms with Gasteiger partial charge in [0, 0.05) is 13.6 Å². The van der Waals surface area contributed by atoms with E-state index in [0.717, 1.165) is 13.0 Å². The summed E-state index contributed by atoms with van der Waals surface area (Å²) in [5, 5.41) is 0. The molecular formula is C11H18N4O. The first kappa shape index (κ1) is 12.4. The molecule has 88 valence electrons. The van der Waals surface area contributed by atoms with Crippen LogP contribution in [0.25, 0.3) is 0 Å². The highest BCUT2D eigenvalue weighted by molar-refractivity contribution is 5.91. The van der Waals surface area contributed by atoms with Crippen molar-refractivity contribution >= 4 is 11.7 Å². The second-order valence-corrected chi connectivity index (χ2v) is 4.24. The van der Waals surface area contributed by atoms with E-state index in [1.54, 1.807) is 11.9 Å².